The molecule has 1 aliphatic rings. The van der Waals surface area contributed by atoms with E-state index in [0.717, 1.165) is 24.1 Å². The fourth-order valence-electron chi connectivity index (χ4n) is 2.63. The van der Waals surface area contributed by atoms with Gasteiger partial charge in [-0.25, -0.2) is 0 Å². The number of nitrogens with zero attached hydrogens (tertiary/aromatic N) is 4. The Balaban J connectivity index is 2.23. The Kier molecular flexibility index (Phi) is 4.97. The van der Waals surface area contributed by atoms with Gasteiger partial charge in [-0.05, 0) is 24.5 Å². The number of allylic oxidation sites excluding steroid dienone is 2. The molecule has 1 atom stereocenters. The van der Waals surface area contributed by atoms with Crippen molar-refractivity contribution in [3.8, 4) is 18.2 Å². The van der Waals surface area contributed by atoms with Crippen LogP contribution in [0.2, 0.25) is 0 Å². The van der Waals surface area contributed by atoms with Gasteiger partial charge in [-0.1, -0.05) is 18.2 Å². The number of hydrogen-bond donors (Lipinski definition) is 1. The molecule has 1 aromatic rings. The Morgan fingerprint density at radius 2 is 1.96 bits per heavy atom. The van der Waals surface area contributed by atoms with E-state index in [1.807, 2.05) is 30.3 Å². The maximum absolute atomic E-state index is 12.6. The molecule has 23 heavy (non-hydrogen) atoms. The van der Waals surface area contributed by atoms with Gasteiger partial charge in [-0.2, -0.15) is 15.8 Å². The summed E-state index contributed by atoms with van der Waals surface area (Å²) in [5.74, 6) is -1.22. The Labute approximate surface area is 134 Å². The molecule has 1 aliphatic heterocycles. The minimum Gasteiger partial charge on any atom is -0.399 e. The van der Waals surface area contributed by atoms with Crippen molar-refractivity contribution in [2.24, 2.45) is 11.7 Å². The van der Waals surface area contributed by atoms with Crippen molar-refractivity contribution >= 4 is 11.6 Å². The lowest BCUT2D eigenvalue weighted by Gasteiger charge is -2.30. The number of amides is 1. The number of para-hydroxylation sites is 1. The van der Waals surface area contributed by atoms with Crippen LogP contribution in [0, 0.1) is 39.9 Å². The third-order valence-corrected chi connectivity index (χ3v) is 3.83. The lowest BCUT2D eigenvalue weighted by atomic mass is 9.97. The molecule has 0 saturated carbocycles. The van der Waals surface area contributed by atoms with E-state index in [2.05, 4.69) is 0 Å². The Hall–Kier alpha value is -3.30. The normalized spacial score (nSPS) is 13.7. The molecule has 0 saturated heterocycles. The molecule has 1 unspecified atom stereocenters. The Morgan fingerprint density at radius 3 is 2.61 bits per heavy atom. The van der Waals surface area contributed by atoms with Gasteiger partial charge in [0.25, 0.3) is 0 Å². The zero-order valence-corrected chi connectivity index (χ0v) is 12.5. The van der Waals surface area contributed by atoms with E-state index in [1.54, 1.807) is 17.0 Å². The smallest absolute Gasteiger partial charge is 0.228 e. The van der Waals surface area contributed by atoms with E-state index in [1.165, 1.54) is 0 Å². The number of carbonyl (C=O) groups excluding carboxylic acids is 1. The van der Waals surface area contributed by atoms with E-state index in [4.69, 9.17) is 16.3 Å². The molecule has 0 radical (unpaired) electrons. The van der Waals surface area contributed by atoms with Crippen molar-refractivity contribution in [3.63, 3.8) is 0 Å². The molecular weight excluding hydrogens is 290 g/mol. The first-order chi connectivity index (χ1) is 11.1. The summed E-state index contributed by atoms with van der Waals surface area (Å²) in [6, 6.07) is 12.9. The van der Waals surface area contributed by atoms with Gasteiger partial charge >= 0.3 is 0 Å². The number of hydrogen-bond acceptors (Lipinski definition) is 5. The number of fused-ring (bicyclic) bond motifs is 1. The van der Waals surface area contributed by atoms with Crippen LogP contribution >= 0.6 is 0 Å². The molecular formula is C17H15N5O. The number of carbonyl (C=O) groups is 1. The maximum Gasteiger partial charge on any atom is 0.228 e. The van der Waals surface area contributed by atoms with Crippen molar-refractivity contribution in [3.05, 3.63) is 41.1 Å². The van der Waals surface area contributed by atoms with Gasteiger partial charge in [-0.3, -0.25) is 4.79 Å². The van der Waals surface area contributed by atoms with Crippen molar-refractivity contribution < 1.29 is 4.79 Å². The number of aryl methyl sites for hydroxylation is 1. The highest BCUT2D eigenvalue weighted by Crippen LogP contribution is 2.28. The van der Waals surface area contributed by atoms with Crippen LogP contribution in [0.1, 0.15) is 18.4 Å². The minimum atomic E-state index is -0.981. The summed E-state index contributed by atoms with van der Waals surface area (Å²) >= 11 is 0. The van der Waals surface area contributed by atoms with Crippen LogP contribution < -0.4 is 10.6 Å². The summed E-state index contributed by atoms with van der Waals surface area (Å²) in [5.41, 5.74) is 7.20. The molecule has 114 valence electrons. The number of rotatable bonds is 3. The summed E-state index contributed by atoms with van der Waals surface area (Å²) < 4.78 is 0. The first-order valence-electron chi connectivity index (χ1n) is 7.20. The lowest BCUT2D eigenvalue weighted by Crippen LogP contribution is -2.37. The van der Waals surface area contributed by atoms with Gasteiger partial charge in [0.15, 0.2) is 0 Å². The maximum atomic E-state index is 12.6. The highest BCUT2D eigenvalue weighted by molar-refractivity contribution is 5.95. The lowest BCUT2D eigenvalue weighted by molar-refractivity contribution is -0.119. The molecule has 1 heterocycles. The second kappa shape index (κ2) is 7.11. The molecule has 2 rings (SSSR count). The first kappa shape index (κ1) is 16.1. The standard InChI is InChI=1S/C17H15N5O/c18-9-13(17(21)14(10-19)11-20)8-16(23)22-7-3-5-12-4-1-2-6-15(12)22/h1-2,4,6,13H,3,5,7-8,21H2. The van der Waals surface area contributed by atoms with Crippen LogP contribution in [0.3, 0.4) is 0 Å². The van der Waals surface area contributed by atoms with Crippen LogP contribution in [-0.4, -0.2) is 12.5 Å². The fraction of sp³-hybridized carbons (Fsp3) is 0.294. The largest absolute Gasteiger partial charge is 0.399 e. The Bertz CT molecular complexity index is 759. The van der Waals surface area contributed by atoms with Crippen LogP contribution in [0.5, 0.6) is 0 Å². The number of benzene rings is 1. The van der Waals surface area contributed by atoms with Crippen molar-refractivity contribution in [1.82, 2.24) is 0 Å². The van der Waals surface area contributed by atoms with E-state index in [0.29, 0.717) is 6.54 Å². The summed E-state index contributed by atoms with van der Waals surface area (Å²) in [4.78, 5) is 14.2. The first-order valence-corrected chi connectivity index (χ1v) is 7.20. The highest BCUT2D eigenvalue weighted by atomic mass is 16.2. The summed E-state index contributed by atoms with van der Waals surface area (Å²) in [5, 5.41) is 26.9. The zero-order chi connectivity index (χ0) is 16.8. The highest BCUT2D eigenvalue weighted by Gasteiger charge is 2.26. The molecule has 6 nitrogen and oxygen atoms in total. The number of anilines is 1. The predicted octanol–water partition coefficient (Wildman–Crippen LogP) is 1.76. The quantitative estimate of drug-likeness (QED) is 0.853. The molecule has 0 spiro atoms. The van der Waals surface area contributed by atoms with Gasteiger partial charge in [-0.15, -0.1) is 0 Å². The molecule has 1 aromatic carbocycles. The Morgan fingerprint density at radius 1 is 1.26 bits per heavy atom. The van der Waals surface area contributed by atoms with Gasteiger partial charge in [0.05, 0.1) is 17.7 Å². The summed E-state index contributed by atoms with van der Waals surface area (Å²) in [7, 11) is 0. The minimum absolute atomic E-state index is 0.142. The van der Waals surface area contributed by atoms with Gasteiger partial charge in [0, 0.05) is 18.7 Å². The number of nitriles is 3. The molecule has 0 bridgehead atoms. The molecule has 0 aromatic heterocycles. The van der Waals surface area contributed by atoms with Crippen LogP contribution in [0.4, 0.5) is 5.69 Å². The van der Waals surface area contributed by atoms with Crippen LogP contribution in [0.15, 0.2) is 35.5 Å². The SMILES string of the molecule is N#CC(C#N)=C(N)C(C#N)CC(=O)N1CCCc2ccccc21. The predicted molar refractivity (Wildman–Crippen MR) is 83.3 cm³/mol. The molecule has 2 N–H and O–H groups in total. The van der Waals surface area contributed by atoms with Gasteiger partial charge in [0.2, 0.25) is 5.91 Å². The van der Waals surface area contributed by atoms with E-state index in [9.17, 15) is 10.1 Å². The second-order valence-electron chi connectivity index (χ2n) is 5.22. The van der Waals surface area contributed by atoms with E-state index >= 15 is 0 Å². The molecule has 1 amide bonds. The molecule has 0 fully saturated rings. The number of nitrogens with two attached hydrogens (primary N) is 1. The van der Waals surface area contributed by atoms with Crippen LogP contribution in [0.25, 0.3) is 0 Å². The van der Waals surface area contributed by atoms with Gasteiger partial charge in [0.1, 0.15) is 17.7 Å². The average molecular weight is 305 g/mol. The average Bonchev–Trinajstić information content (AvgIpc) is 2.59. The van der Waals surface area contributed by atoms with Crippen molar-refractivity contribution in [2.45, 2.75) is 19.3 Å². The third-order valence-electron chi connectivity index (χ3n) is 3.83. The van der Waals surface area contributed by atoms with E-state index < -0.39 is 5.92 Å². The van der Waals surface area contributed by atoms with Crippen LogP contribution in [-0.2, 0) is 11.2 Å². The fourth-order valence-corrected chi connectivity index (χ4v) is 2.63. The van der Waals surface area contributed by atoms with Crippen molar-refractivity contribution in [2.75, 3.05) is 11.4 Å². The summed E-state index contributed by atoms with van der Waals surface area (Å²) in [6.45, 7) is 0.584. The summed E-state index contributed by atoms with van der Waals surface area (Å²) in [6.07, 6.45) is 1.62. The zero-order valence-electron chi connectivity index (χ0n) is 12.5. The third kappa shape index (κ3) is 3.31. The van der Waals surface area contributed by atoms with E-state index in [-0.39, 0.29) is 23.6 Å². The second-order valence-corrected chi connectivity index (χ2v) is 5.22. The molecule has 6 heteroatoms. The van der Waals surface area contributed by atoms with Crippen molar-refractivity contribution in [1.29, 1.82) is 15.8 Å². The van der Waals surface area contributed by atoms with Gasteiger partial charge < -0.3 is 10.6 Å². The monoisotopic (exact) mass is 305 g/mol. The molecule has 0 aliphatic carbocycles. The topological polar surface area (TPSA) is 118 Å².